The fourth-order valence-corrected chi connectivity index (χ4v) is 6.53. The molecule has 0 aromatic rings. The molecule has 1 amide bonds. The minimum Gasteiger partial charge on any atom is -0.353 e. The van der Waals surface area contributed by atoms with Gasteiger partial charge in [-0.15, -0.1) is 0 Å². The molecule has 1 heterocycles. The van der Waals surface area contributed by atoms with E-state index in [-0.39, 0.29) is 36.4 Å². The highest BCUT2D eigenvalue weighted by atomic mass is 32.2. The molecule has 24 heavy (non-hydrogen) atoms. The van der Waals surface area contributed by atoms with E-state index in [1.54, 1.807) is 0 Å². The Balaban J connectivity index is 1.89. The molecule has 0 radical (unpaired) electrons. The minimum absolute atomic E-state index is 0.0119. The van der Waals surface area contributed by atoms with Crippen molar-refractivity contribution in [3.63, 3.8) is 0 Å². The van der Waals surface area contributed by atoms with Crippen LogP contribution in [-0.2, 0) is 24.7 Å². The third-order valence-corrected chi connectivity index (χ3v) is 7.90. The first kappa shape index (κ1) is 19.7. The van der Waals surface area contributed by atoms with Gasteiger partial charge in [-0.1, -0.05) is 25.7 Å². The van der Waals surface area contributed by atoms with Gasteiger partial charge < -0.3 is 5.32 Å². The Morgan fingerprint density at radius 3 is 2.25 bits per heavy atom. The molecule has 1 saturated heterocycles. The lowest BCUT2D eigenvalue weighted by molar-refractivity contribution is -0.122. The summed E-state index contributed by atoms with van der Waals surface area (Å²) < 4.78 is 48.3. The molecular formula is C15H28N2O5S2. The van der Waals surface area contributed by atoms with Gasteiger partial charge in [0, 0.05) is 25.0 Å². The molecule has 1 aliphatic carbocycles. The van der Waals surface area contributed by atoms with Gasteiger partial charge in [-0.2, -0.15) is 4.31 Å². The summed E-state index contributed by atoms with van der Waals surface area (Å²) in [5.74, 6) is -0.293. The summed E-state index contributed by atoms with van der Waals surface area (Å²) >= 11 is 0. The molecule has 1 unspecified atom stereocenters. The van der Waals surface area contributed by atoms with E-state index in [1.807, 2.05) is 0 Å². The Kier molecular flexibility index (Phi) is 6.66. The fourth-order valence-electron chi connectivity index (χ4n) is 3.56. The summed E-state index contributed by atoms with van der Waals surface area (Å²) in [6.07, 6.45) is 8.02. The van der Waals surface area contributed by atoms with E-state index in [4.69, 9.17) is 0 Å². The number of rotatable bonds is 6. The average molecular weight is 381 g/mol. The summed E-state index contributed by atoms with van der Waals surface area (Å²) in [6, 6.07) is -0.366. The summed E-state index contributed by atoms with van der Waals surface area (Å²) in [5.41, 5.74) is 0. The van der Waals surface area contributed by atoms with E-state index in [9.17, 15) is 21.6 Å². The maximum absolute atomic E-state index is 12.1. The number of sulfonamides is 1. The van der Waals surface area contributed by atoms with Crippen molar-refractivity contribution >= 4 is 25.8 Å². The van der Waals surface area contributed by atoms with Gasteiger partial charge in [0.15, 0.2) is 9.84 Å². The van der Waals surface area contributed by atoms with Crippen LogP contribution < -0.4 is 5.32 Å². The quantitative estimate of drug-likeness (QED) is 0.683. The number of carbonyl (C=O) groups excluding carboxylic acids is 1. The van der Waals surface area contributed by atoms with Crippen LogP contribution >= 0.6 is 0 Å². The molecule has 1 saturated carbocycles. The highest BCUT2D eigenvalue weighted by Gasteiger charge is 2.36. The van der Waals surface area contributed by atoms with Crippen LogP contribution in [0, 0.1) is 0 Å². The monoisotopic (exact) mass is 380 g/mol. The molecule has 0 spiro atoms. The number of amides is 1. The fraction of sp³-hybridized carbons (Fsp3) is 0.933. The van der Waals surface area contributed by atoms with Crippen molar-refractivity contribution in [1.82, 2.24) is 9.62 Å². The van der Waals surface area contributed by atoms with Crippen molar-refractivity contribution in [3.05, 3.63) is 0 Å². The lowest BCUT2D eigenvalue weighted by Crippen LogP contribution is -2.43. The summed E-state index contributed by atoms with van der Waals surface area (Å²) in [7, 11) is -6.72. The standard InChI is InChI=1S/C15H28N2O5S2/c1-23(19,20)17(14-9-11-24(21,22)12-14)10-8-15(18)16-13-6-4-2-3-5-7-13/h13-14H,2-12H2,1H3,(H,16,18). The molecular weight excluding hydrogens is 352 g/mol. The van der Waals surface area contributed by atoms with E-state index >= 15 is 0 Å². The molecule has 1 aliphatic heterocycles. The van der Waals surface area contributed by atoms with Gasteiger partial charge in [0.05, 0.1) is 17.8 Å². The van der Waals surface area contributed by atoms with Crippen molar-refractivity contribution < 1.29 is 21.6 Å². The van der Waals surface area contributed by atoms with Crippen LogP contribution in [0.15, 0.2) is 0 Å². The van der Waals surface area contributed by atoms with Crippen LogP contribution in [0.1, 0.15) is 51.4 Å². The van der Waals surface area contributed by atoms with E-state index in [0.29, 0.717) is 6.42 Å². The number of hydrogen-bond acceptors (Lipinski definition) is 5. The molecule has 140 valence electrons. The lowest BCUT2D eigenvalue weighted by atomic mass is 10.1. The molecule has 1 atom stereocenters. The molecule has 2 fully saturated rings. The third-order valence-electron chi connectivity index (χ3n) is 4.82. The van der Waals surface area contributed by atoms with Crippen LogP contribution in [0.5, 0.6) is 0 Å². The Morgan fingerprint density at radius 1 is 1.12 bits per heavy atom. The maximum Gasteiger partial charge on any atom is 0.221 e. The second-order valence-corrected chi connectivity index (χ2v) is 11.1. The van der Waals surface area contributed by atoms with Gasteiger partial charge >= 0.3 is 0 Å². The first-order valence-electron chi connectivity index (χ1n) is 8.64. The van der Waals surface area contributed by atoms with E-state index in [1.165, 1.54) is 17.1 Å². The molecule has 0 aromatic carbocycles. The normalized spacial score (nSPS) is 25.5. The minimum atomic E-state index is -3.54. The number of sulfone groups is 1. The highest BCUT2D eigenvalue weighted by molar-refractivity contribution is 7.92. The smallest absolute Gasteiger partial charge is 0.221 e. The Hall–Kier alpha value is -0.670. The predicted molar refractivity (Wildman–Crippen MR) is 92.9 cm³/mol. The van der Waals surface area contributed by atoms with Crippen LogP contribution in [0.3, 0.4) is 0 Å². The maximum atomic E-state index is 12.1. The first-order valence-corrected chi connectivity index (χ1v) is 12.3. The third kappa shape index (κ3) is 6.00. The van der Waals surface area contributed by atoms with Crippen molar-refractivity contribution in [3.8, 4) is 0 Å². The van der Waals surface area contributed by atoms with Crippen molar-refractivity contribution in [1.29, 1.82) is 0 Å². The van der Waals surface area contributed by atoms with Gasteiger partial charge in [0.2, 0.25) is 15.9 Å². The van der Waals surface area contributed by atoms with E-state index in [0.717, 1.165) is 31.9 Å². The van der Waals surface area contributed by atoms with Crippen molar-refractivity contribution in [2.45, 2.75) is 63.5 Å². The van der Waals surface area contributed by atoms with Crippen molar-refractivity contribution in [2.24, 2.45) is 0 Å². The lowest BCUT2D eigenvalue weighted by Gasteiger charge is -2.25. The van der Waals surface area contributed by atoms with Crippen molar-refractivity contribution in [2.75, 3.05) is 24.3 Å². The summed E-state index contributed by atoms with van der Waals surface area (Å²) in [6.45, 7) is 0.0393. The van der Waals surface area contributed by atoms with Gasteiger partial charge in [0.1, 0.15) is 0 Å². The zero-order valence-corrected chi connectivity index (χ0v) is 15.9. The summed E-state index contributed by atoms with van der Waals surface area (Å²) in [5, 5.41) is 2.99. The number of nitrogens with zero attached hydrogens (tertiary/aromatic N) is 1. The first-order chi connectivity index (χ1) is 11.2. The Bertz CT molecular complexity index is 637. The Labute approximate surface area is 145 Å². The van der Waals surface area contributed by atoms with Crippen LogP contribution in [0.25, 0.3) is 0 Å². The largest absolute Gasteiger partial charge is 0.353 e. The topological polar surface area (TPSA) is 101 Å². The average Bonchev–Trinajstić information content (AvgIpc) is 2.66. The number of nitrogens with one attached hydrogen (secondary N) is 1. The van der Waals surface area contributed by atoms with Gasteiger partial charge in [-0.05, 0) is 19.3 Å². The number of hydrogen-bond donors (Lipinski definition) is 1. The molecule has 7 nitrogen and oxygen atoms in total. The molecule has 9 heteroatoms. The SMILES string of the molecule is CS(=O)(=O)N(CCC(=O)NC1CCCCCC1)C1CCS(=O)(=O)C1. The van der Waals surface area contributed by atoms with Gasteiger partial charge in [-0.3, -0.25) is 4.79 Å². The second kappa shape index (κ2) is 8.14. The van der Waals surface area contributed by atoms with E-state index in [2.05, 4.69) is 5.32 Å². The molecule has 0 bridgehead atoms. The van der Waals surface area contributed by atoms with Crippen LogP contribution in [0.2, 0.25) is 0 Å². The van der Waals surface area contributed by atoms with Gasteiger partial charge in [-0.25, -0.2) is 16.8 Å². The second-order valence-electron chi connectivity index (χ2n) is 6.94. The zero-order valence-electron chi connectivity index (χ0n) is 14.2. The predicted octanol–water partition coefficient (Wildman–Crippen LogP) is 0.664. The van der Waals surface area contributed by atoms with E-state index < -0.39 is 25.9 Å². The Morgan fingerprint density at radius 2 is 1.75 bits per heavy atom. The number of carbonyl (C=O) groups is 1. The molecule has 2 rings (SSSR count). The van der Waals surface area contributed by atoms with Crippen LogP contribution in [0.4, 0.5) is 0 Å². The molecule has 1 N–H and O–H groups in total. The van der Waals surface area contributed by atoms with Gasteiger partial charge in [0.25, 0.3) is 0 Å². The highest BCUT2D eigenvalue weighted by Crippen LogP contribution is 2.21. The van der Waals surface area contributed by atoms with Crippen LogP contribution in [-0.4, -0.2) is 63.4 Å². The molecule has 2 aliphatic rings. The zero-order chi connectivity index (χ0) is 17.8. The molecule has 0 aromatic heterocycles. The summed E-state index contributed by atoms with van der Waals surface area (Å²) in [4.78, 5) is 12.1.